The average molecular weight is 528 g/mol. The molecule has 0 unspecified atom stereocenters. The lowest BCUT2D eigenvalue weighted by molar-refractivity contribution is 0.0506. The number of nitrogens with one attached hydrogen (secondary N) is 1. The van der Waals surface area contributed by atoms with Crippen molar-refractivity contribution in [3.8, 4) is 5.75 Å². The second-order valence-electron chi connectivity index (χ2n) is 9.40. The van der Waals surface area contributed by atoms with Crippen LogP contribution in [-0.2, 0) is 21.5 Å². The SMILES string of the molecule is CCCOC(=O)c1c(NC(=O)c2ccc(COc3ccc(C(C)(C)C)cc3)o2)sc(C(=O)OCC)c1C. The Balaban J connectivity index is 1.73. The van der Waals surface area contributed by atoms with E-state index in [4.69, 9.17) is 18.6 Å². The van der Waals surface area contributed by atoms with E-state index in [1.807, 2.05) is 31.2 Å². The molecule has 0 spiro atoms. The van der Waals surface area contributed by atoms with E-state index in [2.05, 4.69) is 26.1 Å². The van der Waals surface area contributed by atoms with E-state index < -0.39 is 17.8 Å². The number of furan rings is 1. The first-order valence-electron chi connectivity index (χ1n) is 12.2. The highest BCUT2D eigenvalue weighted by atomic mass is 32.1. The highest BCUT2D eigenvalue weighted by molar-refractivity contribution is 7.18. The molecular formula is C28H33NO7S. The molecule has 0 aliphatic carbocycles. The zero-order chi connectivity index (χ0) is 27.2. The number of ether oxygens (including phenoxy) is 3. The van der Waals surface area contributed by atoms with Crippen LogP contribution >= 0.6 is 11.3 Å². The molecule has 9 heteroatoms. The van der Waals surface area contributed by atoms with E-state index in [1.165, 1.54) is 11.6 Å². The maximum Gasteiger partial charge on any atom is 0.348 e. The third-order valence-electron chi connectivity index (χ3n) is 5.46. The topological polar surface area (TPSA) is 104 Å². The average Bonchev–Trinajstić information content (AvgIpc) is 3.45. The monoisotopic (exact) mass is 527 g/mol. The number of carbonyl (C=O) groups excluding carboxylic acids is 3. The number of amides is 1. The van der Waals surface area contributed by atoms with Gasteiger partial charge in [-0.05, 0) is 61.1 Å². The van der Waals surface area contributed by atoms with Gasteiger partial charge in [0.15, 0.2) is 5.76 Å². The minimum absolute atomic E-state index is 0.0401. The number of carbonyl (C=O) groups is 3. The van der Waals surface area contributed by atoms with Crippen LogP contribution in [0.1, 0.15) is 88.5 Å². The van der Waals surface area contributed by atoms with E-state index in [9.17, 15) is 14.4 Å². The van der Waals surface area contributed by atoms with E-state index in [-0.39, 0.29) is 46.4 Å². The summed E-state index contributed by atoms with van der Waals surface area (Å²) in [6.07, 6.45) is 0.638. The van der Waals surface area contributed by atoms with Crippen molar-refractivity contribution in [3.63, 3.8) is 0 Å². The highest BCUT2D eigenvalue weighted by Crippen LogP contribution is 2.35. The molecule has 1 aromatic carbocycles. The Labute approximate surface area is 220 Å². The van der Waals surface area contributed by atoms with Crippen LogP contribution in [-0.4, -0.2) is 31.1 Å². The van der Waals surface area contributed by atoms with Gasteiger partial charge in [0.1, 0.15) is 28.0 Å². The molecule has 0 saturated carbocycles. The van der Waals surface area contributed by atoms with Gasteiger partial charge in [-0.1, -0.05) is 39.8 Å². The first kappa shape index (κ1) is 28.0. The van der Waals surface area contributed by atoms with Crippen LogP contribution in [0.15, 0.2) is 40.8 Å². The summed E-state index contributed by atoms with van der Waals surface area (Å²) in [7, 11) is 0. The first-order chi connectivity index (χ1) is 17.5. The molecule has 0 aliphatic rings. The zero-order valence-corrected chi connectivity index (χ0v) is 22.9. The van der Waals surface area contributed by atoms with E-state index >= 15 is 0 Å². The van der Waals surface area contributed by atoms with Crippen LogP contribution in [0.3, 0.4) is 0 Å². The van der Waals surface area contributed by atoms with Crippen LogP contribution in [0, 0.1) is 6.92 Å². The van der Waals surface area contributed by atoms with Crippen molar-refractivity contribution < 1.29 is 33.0 Å². The number of hydrogen-bond acceptors (Lipinski definition) is 8. The van der Waals surface area contributed by atoms with Gasteiger partial charge >= 0.3 is 11.9 Å². The Kier molecular flexibility index (Phi) is 9.15. The number of rotatable bonds is 10. The van der Waals surface area contributed by atoms with Gasteiger partial charge in [-0.3, -0.25) is 4.79 Å². The summed E-state index contributed by atoms with van der Waals surface area (Å²) in [4.78, 5) is 38.2. The Morgan fingerprint density at radius 2 is 1.68 bits per heavy atom. The maximum absolute atomic E-state index is 12.9. The molecule has 8 nitrogen and oxygen atoms in total. The van der Waals surface area contributed by atoms with Crippen molar-refractivity contribution in [1.29, 1.82) is 0 Å². The molecule has 37 heavy (non-hydrogen) atoms. The standard InChI is InChI=1S/C28H33NO7S/c1-7-15-34-26(31)22-17(3)23(27(32)33-8-2)37-25(22)29-24(30)21-14-13-20(36-21)16-35-19-11-9-18(10-12-19)28(4,5)6/h9-14H,7-8,15-16H2,1-6H3,(H,29,30). The predicted octanol–water partition coefficient (Wildman–Crippen LogP) is 6.52. The predicted molar refractivity (Wildman–Crippen MR) is 142 cm³/mol. The summed E-state index contributed by atoms with van der Waals surface area (Å²) in [5, 5.41) is 2.88. The minimum Gasteiger partial charge on any atom is -0.486 e. The van der Waals surface area contributed by atoms with Crippen molar-refractivity contribution >= 4 is 34.2 Å². The van der Waals surface area contributed by atoms with Crippen LogP contribution in [0.25, 0.3) is 0 Å². The third-order valence-corrected chi connectivity index (χ3v) is 6.65. The molecule has 3 aromatic rings. The van der Waals surface area contributed by atoms with Gasteiger partial charge in [0, 0.05) is 0 Å². The first-order valence-corrected chi connectivity index (χ1v) is 13.0. The molecule has 3 rings (SSSR count). The Morgan fingerprint density at radius 1 is 0.973 bits per heavy atom. The Hall–Kier alpha value is -3.59. The molecule has 0 aliphatic heterocycles. The zero-order valence-electron chi connectivity index (χ0n) is 22.1. The Morgan fingerprint density at radius 3 is 2.30 bits per heavy atom. The fourth-order valence-electron chi connectivity index (χ4n) is 3.45. The summed E-state index contributed by atoms with van der Waals surface area (Å²) in [5.41, 5.74) is 1.77. The molecule has 0 fully saturated rings. The van der Waals surface area contributed by atoms with Gasteiger partial charge in [0.05, 0.1) is 18.8 Å². The fraction of sp³-hybridized carbons (Fsp3) is 0.393. The van der Waals surface area contributed by atoms with Crippen LogP contribution in [0.4, 0.5) is 5.00 Å². The molecule has 0 radical (unpaired) electrons. The second-order valence-corrected chi connectivity index (χ2v) is 10.4. The summed E-state index contributed by atoms with van der Waals surface area (Å²) >= 11 is 0.962. The Bertz CT molecular complexity index is 1250. The quantitative estimate of drug-likeness (QED) is 0.299. The number of hydrogen-bond donors (Lipinski definition) is 1. The fourth-order valence-corrected chi connectivity index (χ4v) is 4.54. The van der Waals surface area contributed by atoms with E-state index in [1.54, 1.807) is 19.9 Å². The lowest BCUT2D eigenvalue weighted by atomic mass is 9.87. The molecule has 1 amide bonds. The molecule has 0 saturated heterocycles. The van der Waals surface area contributed by atoms with Gasteiger partial charge in [-0.2, -0.15) is 0 Å². The molecule has 0 atom stereocenters. The third kappa shape index (κ3) is 7.01. The molecule has 0 bridgehead atoms. The highest BCUT2D eigenvalue weighted by Gasteiger charge is 2.28. The summed E-state index contributed by atoms with van der Waals surface area (Å²) in [6, 6.07) is 11.0. The molecule has 2 aromatic heterocycles. The van der Waals surface area contributed by atoms with Crippen molar-refractivity contribution in [2.45, 2.75) is 60.0 Å². The molecule has 198 valence electrons. The number of anilines is 1. The van der Waals surface area contributed by atoms with Crippen LogP contribution < -0.4 is 10.1 Å². The van der Waals surface area contributed by atoms with Crippen molar-refractivity contribution in [1.82, 2.24) is 0 Å². The van der Waals surface area contributed by atoms with Gasteiger partial charge in [0.25, 0.3) is 5.91 Å². The van der Waals surface area contributed by atoms with Crippen molar-refractivity contribution in [2.75, 3.05) is 18.5 Å². The number of thiophene rings is 1. The van der Waals surface area contributed by atoms with Gasteiger partial charge in [0.2, 0.25) is 0 Å². The molecule has 1 N–H and O–H groups in total. The molecule has 2 heterocycles. The molecular weight excluding hydrogens is 494 g/mol. The van der Waals surface area contributed by atoms with Crippen molar-refractivity contribution in [3.05, 3.63) is 69.5 Å². The van der Waals surface area contributed by atoms with Crippen LogP contribution in [0.5, 0.6) is 5.75 Å². The number of benzene rings is 1. The van der Waals surface area contributed by atoms with E-state index in [0.29, 0.717) is 23.5 Å². The second kappa shape index (κ2) is 12.1. The number of esters is 2. The lowest BCUT2D eigenvalue weighted by Crippen LogP contribution is -2.14. The smallest absolute Gasteiger partial charge is 0.348 e. The van der Waals surface area contributed by atoms with Gasteiger partial charge in [-0.25, -0.2) is 9.59 Å². The van der Waals surface area contributed by atoms with E-state index in [0.717, 1.165) is 11.3 Å². The normalized spacial score (nSPS) is 11.2. The minimum atomic E-state index is -0.618. The maximum atomic E-state index is 12.9. The summed E-state index contributed by atoms with van der Waals surface area (Å²) in [6.45, 7) is 12.2. The lowest BCUT2D eigenvalue weighted by Gasteiger charge is -2.19. The summed E-state index contributed by atoms with van der Waals surface area (Å²) in [5.74, 6) is -0.566. The summed E-state index contributed by atoms with van der Waals surface area (Å²) < 4.78 is 21.8. The van der Waals surface area contributed by atoms with Crippen molar-refractivity contribution in [2.24, 2.45) is 0 Å². The van der Waals surface area contributed by atoms with Gasteiger partial charge < -0.3 is 23.9 Å². The van der Waals surface area contributed by atoms with Crippen LogP contribution in [0.2, 0.25) is 0 Å². The van der Waals surface area contributed by atoms with Gasteiger partial charge in [-0.15, -0.1) is 11.3 Å². The largest absolute Gasteiger partial charge is 0.486 e.